The van der Waals surface area contributed by atoms with Crippen molar-refractivity contribution in [2.24, 2.45) is 0 Å². The third kappa shape index (κ3) is 1.98. The minimum absolute atomic E-state index is 0.390. The summed E-state index contributed by atoms with van der Waals surface area (Å²) >= 11 is 0. The monoisotopic (exact) mass is 194 g/mol. The molecule has 1 fully saturated rings. The van der Waals surface area contributed by atoms with Crippen LogP contribution in [0, 0.1) is 0 Å². The number of methoxy groups -OCH3 is 1. The Labute approximate surface area is 75.3 Å². The second-order valence-electron chi connectivity index (χ2n) is 2.93. The summed E-state index contributed by atoms with van der Waals surface area (Å²) in [4.78, 5) is 0. The quantitative estimate of drug-likeness (QED) is 0.386. The van der Waals surface area contributed by atoms with E-state index in [1.807, 2.05) is 0 Å². The van der Waals surface area contributed by atoms with Gasteiger partial charge in [0.2, 0.25) is 0 Å². The highest BCUT2D eigenvalue weighted by Crippen LogP contribution is 2.21. The molecular weight excluding hydrogens is 180 g/mol. The van der Waals surface area contributed by atoms with Gasteiger partial charge in [-0.25, -0.2) is 0 Å². The zero-order valence-corrected chi connectivity index (χ0v) is 7.20. The van der Waals surface area contributed by atoms with E-state index in [9.17, 15) is 10.2 Å². The molecule has 5 atom stereocenters. The number of hydrogen-bond acceptors (Lipinski definition) is 6. The van der Waals surface area contributed by atoms with Crippen LogP contribution in [-0.2, 0) is 9.47 Å². The first kappa shape index (κ1) is 10.8. The highest BCUT2D eigenvalue weighted by molar-refractivity contribution is 4.89. The Kier molecular flexibility index (Phi) is 3.60. The molecular formula is C7H14O6. The van der Waals surface area contributed by atoms with E-state index in [0.29, 0.717) is 0 Å². The van der Waals surface area contributed by atoms with E-state index in [2.05, 4.69) is 0 Å². The van der Waals surface area contributed by atoms with E-state index in [0.717, 1.165) is 0 Å². The third-order valence-electron chi connectivity index (χ3n) is 2.11. The molecule has 1 heterocycles. The predicted molar refractivity (Wildman–Crippen MR) is 40.8 cm³/mol. The van der Waals surface area contributed by atoms with Gasteiger partial charge in [-0.05, 0) is 0 Å². The van der Waals surface area contributed by atoms with E-state index >= 15 is 0 Å². The highest BCUT2D eigenvalue weighted by Gasteiger charge is 2.43. The molecule has 0 saturated carbocycles. The zero-order valence-electron chi connectivity index (χ0n) is 7.20. The van der Waals surface area contributed by atoms with Crippen LogP contribution in [0.1, 0.15) is 0 Å². The van der Waals surface area contributed by atoms with Gasteiger partial charge in [0.15, 0.2) is 6.29 Å². The Bertz CT molecular complexity index is 161. The molecule has 1 aliphatic rings. The number of aliphatic hydroxyl groups is 4. The van der Waals surface area contributed by atoms with Gasteiger partial charge in [-0.2, -0.15) is 0 Å². The first-order valence-electron chi connectivity index (χ1n) is 3.95. The third-order valence-corrected chi connectivity index (χ3v) is 2.11. The van der Waals surface area contributed by atoms with Crippen LogP contribution in [0.2, 0.25) is 0 Å². The van der Waals surface area contributed by atoms with Gasteiger partial charge >= 0.3 is 0 Å². The van der Waals surface area contributed by atoms with Gasteiger partial charge in [-0.1, -0.05) is 0 Å². The Morgan fingerprint density at radius 3 is 2.31 bits per heavy atom. The standard InChI is InChI=1S/C7H14O6/c1-12-6-3(2-8)13-7(11)5(10)4(6)9/h3-11H,2H2,1H3/t3-,4-,5-,6+,7+/m1/s1. The summed E-state index contributed by atoms with van der Waals surface area (Å²) in [6.45, 7) is -0.390. The zero-order chi connectivity index (χ0) is 10.0. The number of rotatable bonds is 2. The van der Waals surface area contributed by atoms with Crippen LogP contribution in [0.3, 0.4) is 0 Å². The van der Waals surface area contributed by atoms with E-state index in [4.69, 9.17) is 19.7 Å². The molecule has 0 aromatic heterocycles. The van der Waals surface area contributed by atoms with Crippen molar-refractivity contribution in [3.8, 4) is 0 Å². The second kappa shape index (κ2) is 4.32. The van der Waals surface area contributed by atoms with Crippen molar-refractivity contribution in [3.63, 3.8) is 0 Å². The summed E-state index contributed by atoms with van der Waals surface area (Å²) < 4.78 is 9.61. The largest absolute Gasteiger partial charge is 0.394 e. The lowest BCUT2D eigenvalue weighted by atomic mass is 9.99. The molecule has 6 heteroatoms. The van der Waals surface area contributed by atoms with Crippen LogP contribution in [0.15, 0.2) is 0 Å². The lowest BCUT2D eigenvalue weighted by Crippen LogP contribution is -2.59. The summed E-state index contributed by atoms with van der Waals surface area (Å²) in [5, 5.41) is 36.4. The van der Waals surface area contributed by atoms with Crippen molar-refractivity contribution >= 4 is 0 Å². The molecule has 0 amide bonds. The normalized spacial score (nSPS) is 46.4. The van der Waals surface area contributed by atoms with Crippen LogP contribution in [0.5, 0.6) is 0 Å². The van der Waals surface area contributed by atoms with Crippen LogP contribution in [0.25, 0.3) is 0 Å². The molecule has 0 unspecified atom stereocenters. The molecule has 0 bridgehead atoms. The van der Waals surface area contributed by atoms with Gasteiger partial charge in [-0.3, -0.25) is 0 Å². The highest BCUT2D eigenvalue weighted by atomic mass is 16.6. The topological polar surface area (TPSA) is 99.4 Å². The molecule has 78 valence electrons. The first-order chi connectivity index (χ1) is 6.11. The molecule has 1 saturated heterocycles. The molecule has 0 aliphatic carbocycles. The Hall–Kier alpha value is -0.240. The van der Waals surface area contributed by atoms with Gasteiger partial charge < -0.3 is 29.9 Å². The van der Waals surface area contributed by atoms with Crippen LogP contribution in [0.4, 0.5) is 0 Å². The van der Waals surface area contributed by atoms with Gasteiger partial charge in [0.1, 0.15) is 24.4 Å². The molecule has 0 spiro atoms. The van der Waals surface area contributed by atoms with E-state index in [1.54, 1.807) is 0 Å². The molecule has 0 aromatic carbocycles. The molecule has 4 N–H and O–H groups in total. The SMILES string of the molecule is CO[C@@H]1[C@H](O)[C@@H](O)[C@@H](O)O[C@@H]1CO. The van der Waals surface area contributed by atoms with Crippen molar-refractivity contribution in [1.29, 1.82) is 0 Å². The lowest BCUT2D eigenvalue weighted by Gasteiger charge is -2.39. The number of hydrogen-bond donors (Lipinski definition) is 4. The maximum absolute atomic E-state index is 9.38. The van der Waals surface area contributed by atoms with Gasteiger partial charge in [0, 0.05) is 7.11 Å². The van der Waals surface area contributed by atoms with E-state index in [-0.39, 0.29) is 6.61 Å². The molecule has 0 aromatic rings. The predicted octanol–water partition coefficient (Wildman–Crippen LogP) is -2.57. The number of aliphatic hydroxyl groups excluding tert-OH is 4. The second-order valence-corrected chi connectivity index (χ2v) is 2.93. The van der Waals surface area contributed by atoms with Crippen molar-refractivity contribution in [3.05, 3.63) is 0 Å². The fraction of sp³-hybridized carbons (Fsp3) is 1.00. The minimum atomic E-state index is -1.49. The van der Waals surface area contributed by atoms with E-state index < -0.39 is 30.7 Å². The maximum atomic E-state index is 9.38. The summed E-state index contributed by atoms with van der Waals surface area (Å²) in [5.41, 5.74) is 0. The molecule has 13 heavy (non-hydrogen) atoms. The fourth-order valence-corrected chi connectivity index (χ4v) is 1.36. The Morgan fingerprint density at radius 1 is 1.23 bits per heavy atom. The smallest absolute Gasteiger partial charge is 0.184 e. The van der Waals surface area contributed by atoms with Crippen molar-refractivity contribution < 1.29 is 29.9 Å². The van der Waals surface area contributed by atoms with Crippen LogP contribution < -0.4 is 0 Å². The van der Waals surface area contributed by atoms with E-state index in [1.165, 1.54) is 7.11 Å². The fourth-order valence-electron chi connectivity index (χ4n) is 1.36. The van der Waals surface area contributed by atoms with Crippen LogP contribution in [-0.4, -0.2) is 64.8 Å². The van der Waals surface area contributed by atoms with Gasteiger partial charge in [0.05, 0.1) is 6.61 Å². The van der Waals surface area contributed by atoms with Gasteiger partial charge in [-0.15, -0.1) is 0 Å². The average molecular weight is 194 g/mol. The molecule has 1 aliphatic heterocycles. The van der Waals surface area contributed by atoms with Gasteiger partial charge in [0.25, 0.3) is 0 Å². The summed E-state index contributed by atoms with van der Waals surface area (Å²) in [6.07, 6.45) is -5.81. The van der Waals surface area contributed by atoms with Crippen molar-refractivity contribution in [1.82, 2.24) is 0 Å². The lowest BCUT2D eigenvalue weighted by molar-refractivity contribution is -0.290. The van der Waals surface area contributed by atoms with Crippen molar-refractivity contribution in [2.45, 2.75) is 30.7 Å². The summed E-state index contributed by atoms with van der Waals surface area (Å²) in [7, 11) is 1.32. The summed E-state index contributed by atoms with van der Waals surface area (Å²) in [5.74, 6) is 0. The van der Waals surface area contributed by atoms with Crippen LogP contribution >= 0.6 is 0 Å². The van der Waals surface area contributed by atoms with Crippen molar-refractivity contribution in [2.75, 3.05) is 13.7 Å². The molecule has 6 nitrogen and oxygen atoms in total. The average Bonchev–Trinajstić information content (AvgIpc) is 2.13. The first-order valence-corrected chi connectivity index (χ1v) is 3.95. The Balaban J connectivity index is 2.69. The summed E-state index contributed by atoms with van der Waals surface area (Å²) in [6, 6.07) is 0. The minimum Gasteiger partial charge on any atom is -0.394 e. The maximum Gasteiger partial charge on any atom is 0.184 e. The molecule has 1 rings (SSSR count). The molecule has 0 radical (unpaired) electrons. The number of ether oxygens (including phenoxy) is 2. The Morgan fingerprint density at radius 2 is 1.85 bits per heavy atom.